The number of hydrogen-bond acceptors (Lipinski definition) is 6. The minimum absolute atomic E-state index is 0.0146. The van der Waals surface area contributed by atoms with Crippen LogP contribution < -0.4 is 20.6 Å². The molecule has 0 saturated carbocycles. The molecule has 2 aromatic carbocycles. The van der Waals surface area contributed by atoms with Gasteiger partial charge in [-0.05, 0) is 24.1 Å². The monoisotopic (exact) mass is 358 g/mol. The lowest BCUT2D eigenvalue weighted by molar-refractivity contribution is -0.386. The van der Waals surface area contributed by atoms with E-state index < -0.39 is 11.0 Å². The third-order valence-corrected chi connectivity index (χ3v) is 3.50. The molecule has 26 heavy (non-hydrogen) atoms. The number of primary amides is 1. The van der Waals surface area contributed by atoms with E-state index in [0.29, 0.717) is 5.56 Å². The molecule has 2 amide bonds. The Morgan fingerprint density at radius 1 is 1.38 bits per heavy atom. The number of hydrazone groups is 1. The summed E-state index contributed by atoms with van der Waals surface area (Å²) < 4.78 is 10.9. The van der Waals surface area contributed by atoms with Gasteiger partial charge in [0.2, 0.25) is 5.75 Å². The zero-order valence-corrected chi connectivity index (χ0v) is 14.3. The molecule has 0 saturated heterocycles. The number of nitrogens with two attached hydrogens (primary N) is 1. The number of hydrogen-bond donors (Lipinski definition) is 2. The van der Waals surface area contributed by atoms with Gasteiger partial charge in [-0.15, -0.1) is 0 Å². The van der Waals surface area contributed by atoms with Crippen molar-refractivity contribution in [3.8, 4) is 11.5 Å². The van der Waals surface area contributed by atoms with Crippen molar-refractivity contribution in [2.75, 3.05) is 7.11 Å². The highest BCUT2D eigenvalue weighted by molar-refractivity contribution is 5.84. The topological polar surface area (TPSA) is 129 Å². The Kier molecular flexibility index (Phi) is 6.10. The number of nitrogens with zero attached hydrogens (tertiary/aromatic N) is 2. The van der Waals surface area contributed by atoms with E-state index in [2.05, 4.69) is 5.10 Å². The van der Waals surface area contributed by atoms with Crippen LogP contribution in [0.15, 0.2) is 41.5 Å². The molecule has 2 rings (SSSR count). The quantitative estimate of drug-likeness (QED) is 0.446. The number of benzene rings is 2. The number of nitrogens with one attached hydrogen (secondary N) is 1. The smallest absolute Gasteiger partial charge is 0.332 e. The molecule has 9 heteroatoms. The van der Waals surface area contributed by atoms with Crippen molar-refractivity contribution < 1.29 is 19.2 Å². The summed E-state index contributed by atoms with van der Waals surface area (Å²) in [6, 6.07) is 9.49. The molecule has 0 radical (unpaired) electrons. The second kappa shape index (κ2) is 8.47. The molecule has 0 aliphatic heterocycles. The van der Waals surface area contributed by atoms with Gasteiger partial charge in [-0.1, -0.05) is 24.3 Å². The molecule has 0 unspecified atom stereocenters. The average Bonchev–Trinajstić information content (AvgIpc) is 2.60. The van der Waals surface area contributed by atoms with Gasteiger partial charge < -0.3 is 15.2 Å². The van der Waals surface area contributed by atoms with E-state index in [1.165, 1.54) is 25.5 Å². The van der Waals surface area contributed by atoms with Crippen molar-refractivity contribution >= 4 is 17.9 Å². The summed E-state index contributed by atoms with van der Waals surface area (Å²) in [4.78, 5) is 21.5. The number of ether oxygens (including phenoxy) is 2. The lowest BCUT2D eigenvalue weighted by Crippen LogP contribution is -2.24. The number of nitro groups is 1. The highest BCUT2D eigenvalue weighted by Crippen LogP contribution is 2.38. The van der Waals surface area contributed by atoms with E-state index in [9.17, 15) is 14.9 Å². The van der Waals surface area contributed by atoms with Gasteiger partial charge in [-0.2, -0.15) is 5.10 Å². The van der Waals surface area contributed by atoms with E-state index in [1.54, 1.807) is 0 Å². The van der Waals surface area contributed by atoms with Gasteiger partial charge in [0.15, 0.2) is 5.75 Å². The van der Waals surface area contributed by atoms with Crippen molar-refractivity contribution in [3.63, 3.8) is 0 Å². The molecule has 0 aromatic heterocycles. The maximum absolute atomic E-state index is 11.4. The summed E-state index contributed by atoms with van der Waals surface area (Å²) >= 11 is 0. The summed E-state index contributed by atoms with van der Waals surface area (Å²) in [5.41, 5.74) is 8.89. The van der Waals surface area contributed by atoms with Crippen LogP contribution in [0.4, 0.5) is 10.5 Å². The Hall–Kier alpha value is -3.62. The van der Waals surface area contributed by atoms with Crippen molar-refractivity contribution in [2.45, 2.75) is 13.5 Å². The molecule has 0 spiro atoms. The molecule has 3 N–H and O–H groups in total. The first-order valence-corrected chi connectivity index (χ1v) is 7.54. The first kappa shape index (κ1) is 18.7. The van der Waals surface area contributed by atoms with Crippen LogP contribution in [-0.2, 0) is 6.61 Å². The number of carbonyl (C=O) groups excluding carboxylic acids is 1. The largest absolute Gasteiger partial charge is 0.493 e. The Morgan fingerprint density at radius 2 is 2.12 bits per heavy atom. The molecule has 0 aliphatic rings. The van der Waals surface area contributed by atoms with Crippen molar-refractivity contribution in [3.05, 3.63) is 63.2 Å². The fourth-order valence-corrected chi connectivity index (χ4v) is 2.21. The van der Waals surface area contributed by atoms with E-state index in [-0.39, 0.29) is 23.8 Å². The number of rotatable bonds is 7. The Labute approximate surface area is 149 Å². The van der Waals surface area contributed by atoms with Crippen LogP contribution in [0.3, 0.4) is 0 Å². The van der Waals surface area contributed by atoms with Crippen LogP contribution in [0, 0.1) is 17.0 Å². The molecular formula is C17H18N4O5. The summed E-state index contributed by atoms with van der Waals surface area (Å²) in [5.74, 6) is 0.189. The van der Waals surface area contributed by atoms with Gasteiger partial charge >= 0.3 is 11.7 Å². The number of carbonyl (C=O) groups is 1. The normalized spacial score (nSPS) is 10.5. The molecular weight excluding hydrogens is 340 g/mol. The highest BCUT2D eigenvalue weighted by Gasteiger charge is 2.22. The molecule has 0 bridgehead atoms. The van der Waals surface area contributed by atoms with Crippen LogP contribution in [-0.4, -0.2) is 24.3 Å². The Bertz CT molecular complexity index is 851. The standard InChI is InChI=1S/C17H18N4O5/c1-11-5-3-4-6-13(11)10-26-16-14(21(23)24)7-12(8-15(16)25-2)9-19-20-17(18)22/h3-9H,10H2,1-2H3,(H3,18,20,22)/b19-9-. The fourth-order valence-electron chi connectivity index (χ4n) is 2.21. The third kappa shape index (κ3) is 4.69. The summed E-state index contributed by atoms with van der Waals surface area (Å²) in [6.45, 7) is 2.08. The minimum Gasteiger partial charge on any atom is -0.493 e. The van der Waals surface area contributed by atoms with Crippen LogP contribution in [0.1, 0.15) is 16.7 Å². The van der Waals surface area contributed by atoms with E-state index >= 15 is 0 Å². The average molecular weight is 358 g/mol. The molecule has 9 nitrogen and oxygen atoms in total. The first-order chi connectivity index (χ1) is 12.4. The number of methoxy groups -OCH3 is 1. The van der Waals surface area contributed by atoms with Gasteiger partial charge in [0.25, 0.3) is 0 Å². The molecule has 0 aliphatic carbocycles. The van der Waals surface area contributed by atoms with Gasteiger partial charge in [-0.3, -0.25) is 10.1 Å². The molecule has 136 valence electrons. The number of urea groups is 1. The van der Waals surface area contributed by atoms with Crippen molar-refractivity contribution in [2.24, 2.45) is 10.8 Å². The van der Waals surface area contributed by atoms with Gasteiger partial charge in [-0.25, -0.2) is 10.2 Å². The fraction of sp³-hybridized carbons (Fsp3) is 0.176. The van der Waals surface area contributed by atoms with Gasteiger partial charge in [0, 0.05) is 11.6 Å². The Morgan fingerprint density at radius 3 is 2.73 bits per heavy atom. The zero-order valence-electron chi connectivity index (χ0n) is 14.3. The number of aryl methyl sites for hydroxylation is 1. The van der Waals surface area contributed by atoms with Crippen LogP contribution in [0.5, 0.6) is 11.5 Å². The molecule has 0 fully saturated rings. The van der Waals surface area contributed by atoms with E-state index in [4.69, 9.17) is 15.2 Å². The third-order valence-electron chi connectivity index (χ3n) is 3.50. The van der Waals surface area contributed by atoms with Crippen LogP contribution in [0.2, 0.25) is 0 Å². The van der Waals surface area contributed by atoms with Crippen LogP contribution >= 0.6 is 0 Å². The lowest BCUT2D eigenvalue weighted by atomic mass is 10.1. The minimum atomic E-state index is -0.846. The SMILES string of the molecule is COc1cc(/C=N\NC(N)=O)cc([N+](=O)[O-])c1OCc1ccccc1C. The maximum atomic E-state index is 11.4. The van der Waals surface area contributed by atoms with Crippen molar-refractivity contribution in [1.82, 2.24) is 5.43 Å². The lowest BCUT2D eigenvalue weighted by Gasteiger charge is -2.13. The zero-order chi connectivity index (χ0) is 19.1. The summed E-state index contributed by atoms with van der Waals surface area (Å²) in [6.07, 6.45) is 1.21. The predicted octanol–water partition coefficient (Wildman–Crippen LogP) is 2.49. The Balaban J connectivity index is 2.34. The van der Waals surface area contributed by atoms with Crippen LogP contribution in [0.25, 0.3) is 0 Å². The van der Waals surface area contributed by atoms with Gasteiger partial charge in [0.05, 0.1) is 18.2 Å². The molecule has 0 atom stereocenters. The second-order valence-corrected chi connectivity index (χ2v) is 5.28. The molecule has 0 heterocycles. The second-order valence-electron chi connectivity index (χ2n) is 5.28. The molecule has 2 aromatic rings. The number of nitro benzene ring substituents is 1. The first-order valence-electron chi connectivity index (χ1n) is 7.54. The van der Waals surface area contributed by atoms with Crippen molar-refractivity contribution in [1.29, 1.82) is 0 Å². The number of amides is 2. The predicted molar refractivity (Wildman–Crippen MR) is 95.5 cm³/mol. The summed E-state index contributed by atoms with van der Waals surface area (Å²) in [5, 5.41) is 15.0. The van der Waals surface area contributed by atoms with E-state index in [0.717, 1.165) is 11.1 Å². The highest BCUT2D eigenvalue weighted by atomic mass is 16.6. The maximum Gasteiger partial charge on any atom is 0.332 e. The van der Waals surface area contributed by atoms with E-state index in [1.807, 2.05) is 36.6 Å². The summed E-state index contributed by atoms with van der Waals surface area (Å²) in [7, 11) is 1.38. The van der Waals surface area contributed by atoms with Gasteiger partial charge in [0.1, 0.15) is 6.61 Å².